The Morgan fingerprint density at radius 1 is 0.533 bits per heavy atom. The van der Waals surface area contributed by atoms with Gasteiger partial charge in [-0.25, -0.2) is 0 Å². The molecule has 0 unspecified atom stereocenters. The normalized spacial score (nSPS) is 12.8. The van der Waals surface area contributed by atoms with Gasteiger partial charge >= 0.3 is 0 Å². The molecule has 214 valence electrons. The standard InChI is InChI=1S/C45H34/c1-3-16-32-30(2)29-43(37-22-11-10-21-34(32)37)45-40-25-14-12-23-38(40)44(39-24-13-15-26-41(39)45)42-28-27-33(31-17-6-4-7-18-31)35-19-8-5-9-20-36(35)42/h3-18,20-29H,19H2,1-2H3/b16-3-. The maximum Gasteiger partial charge on any atom is -0.00200 e. The summed E-state index contributed by atoms with van der Waals surface area (Å²) in [5.41, 5.74) is 13.0. The highest BCUT2D eigenvalue weighted by Gasteiger charge is 2.22. The third-order valence-electron chi connectivity index (χ3n) is 9.37. The number of aryl methyl sites for hydroxylation is 1. The van der Waals surface area contributed by atoms with Crippen LogP contribution in [0, 0.1) is 6.92 Å². The van der Waals surface area contributed by atoms with Gasteiger partial charge in [-0.05, 0) is 108 Å². The summed E-state index contributed by atoms with van der Waals surface area (Å²) in [6, 6.07) is 44.8. The van der Waals surface area contributed by atoms with Crippen molar-refractivity contribution in [3.63, 3.8) is 0 Å². The summed E-state index contributed by atoms with van der Waals surface area (Å²) in [6.45, 7) is 4.34. The van der Waals surface area contributed by atoms with Gasteiger partial charge in [0.2, 0.25) is 0 Å². The zero-order valence-corrected chi connectivity index (χ0v) is 25.7. The first kappa shape index (κ1) is 27.1. The second kappa shape index (κ2) is 11.2. The molecule has 0 fully saturated rings. The molecule has 0 heterocycles. The van der Waals surface area contributed by atoms with Crippen molar-refractivity contribution in [1.29, 1.82) is 0 Å². The fourth-order valence-electron chi connectivity index (χ4n) is 7.44. The van der Waals surface area contributed by atoms with E-state index < -0.39 is 0 Å². The van der Waals surface area contributed by atoms with Crippen LogP contribution in [0.5, 0.6) is 0 Å². The molecular weight excluding hydrogens is 540 g/mol. The van der Waals surface area contributed by atoms with Gasteiger partial charge in [0.1, 0.15) is 0 Å². The van der Waals surface area contributed by atoms with E-state index in [2.05, 4.69) is 172 Å². The number of fused-ring (bicyclic) bond motifs is 4. The summed E-state index contributed by atoms with van der Waals surface area (Å²) in [5.74, 6) is 0. The van der Waals surface area contributed by atoms with E-state index in [0.717, 1.165) is 6.42 Å². The van der Waals surface area contributed by atoms with Gasteiger partial charge in [-0.2, -0.15) is 0 Å². The molecule has 8 rings (SSSR count). The lowest BCUT2D eigenvalue weighted by molar-refractivity contribution is 1.27. The number of hydrogen-bond donors (Lipinski definition) is 0. The molecule has 0 bridgehead atoms. The van der Waals surface area contributed by atoms with E-state index in [1.165, 1.54) is 88.0 Å². The summed E-state index contributed by atoms with van der Waals surface area (Å²) in [6.07, 6.45) is 14.3. The predicted octanol–water partition coefficient (Wildman–Crippen LogP) is 12.6. The van der Waals surface area contributed by atoms with Crippen molar-refractivity contribution in [3.05, 3.63) is 168 Å². The van der Waals surface area contributed by atoms with Gasteiger partial charge in [0.15, 0.2) is 0 Å². The third kappa shape index (κ3) is 4.45. The van der Waals surface area contributed by atoms with Crippen LogP contribution in [0.25, 0.3) is 77.9 Å². The summed E-state index contributed by atoms with van der Waals surface area (Å²) >= 11 is 0. The van der Waals surface area contributed by atoms with E-state index in [1.807, 2.05) is 0 Å². The van der Waals surface area contributed by atoms with Gasteiger partial charge in [0, 0.05) is 0 Å². The summed E-state index contributed by atoms with van der Waals surface area (Å²) < 4.78 is 0. The van der Waals surface area contributed by atoms with Crippen LogP contribution in [0.2, 0.25) is 0 Å². The van der Waals surface area contributed by atoms with Crippen molar-refractivity contribution in [2.75, 3.05) is 0 Å². The molecule has 1 aliphatic carbocycles. The van der Waals surface area contributed by atoms with Gasteiger partial charge in [-0.1, -0.05) is 158 Å². The molecule has 7 aromatic carbocycles. The highest BCUT2D eigenvalue weighted by molar-refractivity contribution is 6.24. The Morgan fingerprint density at radius 2 is 1.09 bits per heavy atom. The second-order valence-corrected chi connectivity index (χ2v) is 12.0. The van der Waals surface area contributed by atoms with Gasteiger partial charge in [-0.15, -0.1) is 0 Å². The molecule has 45 heavy (non-hydrogen) atoms. The first-order valence-electron chi connectivity index (χ1n) is 15.9. The van der Waals surface area contributed by atoms with E-state index >= 15 is 0 Å². The molecule has 7 aromatic rings. The molecular formula is C45H34. The lowest BCUT2D eigenvalue weighted by atomic mass is 9.81. The molecule has 0 atom stereocenters. The fraction of sp³-hybridized carbons (Fsp3) is 0.0667. The monoisotopic (exact) mass is 574 g/mol. The molecule has 0 saturated carbocycles. The van der Waals surface area contributed by atoms with Crippen molar-refractivity contribution in [1.82, 2.24) is 0 Å². The first-order valence-corrected chi connectivity index (χ1v) is 15.9. The Kier molecular flexibility index (Phi) is 6.77. The maximum atomic E-state index is 2.40. The van der Waals surface area contributed by atoms with Crippen molar-refractivity contribution in [3.8, 4) is 33.4 Å². The Labute approximate surface area is 265 Å². The maximum absolute atomic E-state index is 2.40. The molecule has 0 saturated heterocycles. The first-order chi connectivity index (χ1) is 22.2. The van der Waals surface area contributed by atoms with E-state index in [4.69, 9.17) is 0 Å². The summed E-state index contributed by atoms with van der Waals surface area (Å²) in [5, 5.41) is 7.71. The van der Waals surface area contributed by atoms with Gasteiger partial charge < -0.3 is 0 Å². The van der Waals surface area contributed by atoms with Crippen molar-refractivity contribution in [2.45, 2.75) is 20.3 Å². The average Bonchev–Trinajstić information content (AvgIpc) is 3.35. The topological polar surface area (TPSA) is 0 Å². The van der Waals surface area contributed by atoms with Crippen LogP contribution in [0.15, 0.2) is 146 Å². The predicted molar refractivity (Wildman–Crippen MR) is 197 cm³/mol. The molecule has 0 nitrogen and oxygen atoms in total. The highest BCUT2D eigenvalue weighted by Crippen LogP contribution is 2.48. The lowest BCUT2D eigenvalue weighted by Crippen LogP contribution is -1.98. The van der Waals surface area contributed by atoms with Gasteiger partial charge in [0.05, 0.1) is 0 Å². The quantitative estimate of drug-likeness (QED) is 0.183. The number of hydrogen-bond acceptors (Lipinski definition) is 0. The van der Waals surface area contributed by atoms with Crippen LogP contribution in [0.4, 0.5) is 0 Å². The van der Waals surface area contributed by atoms with Crippen LogP contribution in [0.3, 0.4) is 0 Å². The van der Waals surface area contributed by atoms with Gasteiger partial charge in [0.25, 0.3) is 0 Å². The zero-order chi connectivity index (χ0) is 30.3. The van der Waals surface area contributed by atoms with Crippen LogP contribution in [0.1, 0.15) is 29.2 Å². The molecule has 0 aromatic heterocycles. The van der Waals surface area contributed by atoms with Crippen LogP contribution < -0.4 is 0 Å². The minimum atomic E-state index is 0.901. The minimum Gasteiger partial charge on any atom is -0.0870 e. The Hall–Kier alpha value is -5.46. The van der Waals surface area contributed by atoms with Crippen molar-refractivity contribution >= 4 is 44.5 Å². The Bertz CT molecular complexity index is 2290. The molecule has 0 N–H and O–H groups in total. The molecule has 1 aliphatic rings. The largest absolute Gasteiger partial charge is 0.0870 e. The molecule has 0 amide bonds. The minimum absolute atomic E-state index is 0.901. The zero-order valence-electron chi connectivity index (χ0n) is 25.7. The fourth-order valence-corrected chi connectivity index (χ4v) is 7.44. The number of allylic oxidation sites excluding steroid dienone is 4. The molecule has 0 heteroatoms. The third-order valence-corrected chi connectivity index (χ3v) is 9.37. The average molecular weight is 575 g/mol. The van der Waals surface area contributed by atoms with E-state index in [-0.39, 0.29) is 0 Å². The van der Waals surface area contributed by atoms with E-state index in [1.54, 1.807) is 0 Å². The highest BCUT2D eigenvalue weighted by atomic mass is 14.2. The van der Waals surface area contributed by atoms with E-state index in [9.17, 15) is 0 Å². The van der Waals surface area contributed by atoms with Crippen molar-refractivity contribution < 1.29 is 0 Å². The summed E-state index contributed by atoms with van der Waals surface area (Å²) in [4.78, 5) is 0. The molecule has 0 radical (unpaired) electrons. The van der Waals surface area contributed by atoms with Crippen LogP contribution >= 0.6 is 0 Å². The SMILES string of the molecule is C/C=C\c1c(C)cc(-c2c3ccccc3c(-c3ccc(-c4ccccc4)c4c3C=CC=CC4)c3ccccc23)c2ccccc12. The smallest absolute Gasteiger partial charge is 0.00200 e. The Morgan fingerprint density at radius 3 is 1.73 bits per heavy atom. The lowest BCUT2D eigenvalue weighted by Gasteiger charge is -2.22. The van der Waals surface area contributed by atoms with Crippen LogP contribution in [-0.2, 0) is 6.42 Å². The van der Waals surface area contributed by atoms with Crippen LogP contribution in [-0.4, -0.2) is 0 Å². The molecule has 0 spiro atoms. The molecule has 0 aliphatic heterocycles. The van der Waals surface area contributed by atoms with Crippen molar-refractivity contribution in [2.24, 2.45) is 0 Å². The number of benzene rings is 7. The van der Waals surface area contributed by atoms with Gasteiger partial charge in [-0.3, -0.25) is 0 Å². The Balaban J connectivity index is 1.49. The number of rotatable bonds is 4. The summed E-state index contributed by atoms with van der Waals surface area (Å²) in [7, 11) is 0. The second-order valence-electron chi connectivity index (χ2n) is 12.0. The van der Waals surface area contributed by atoms with E-state index in [0.29, 0.717) is 0 Å².